The van der Waals surface area contributed by atoms with Crippen LogP contribution < -0.4 is 5.32 Å². The van der Waals surface area contributed by atoms with Crippen LogP contribution in [0, 0.1) is 0 Å². The summed E-state index contributed by atoms with van der Waals surface area (Å²) in [6.45, 7) is 1.89. The molecule has 4 heteroatoms. The first kappa shape index (κ1) is 13.1. The minimum absolute atomic E-state index is 0.580. The zero-order valence-electron chi connectivity index (χ0n) is 10.1. The van der Waals surface area contributed by atoms with Crippen LogP contribution in [0.4, 0.5) is 13.2 Å². The van der Waals surface area contributed by atoms with E-state index < -0.39 is 11.7 Å². The Kier molecular flexibility index (Phi) is 4.07. The molecule has 1 saturated heterocycles. The molecule has 1 nitrogen and oxygen atoms in total. The maximum absolute atomic E-state index is 12.6. The van der Waals surface area contributed by atoms with Gasteiger partial charge < -0.3 is 5.32 Å². The van der Waals surface area contributed by atoms with Crippen molar-refractivity contribution in [2.75, 3.05) is 13.1 Å². The van der Waals surface area contributed by atoms with Gasteiger partial charge in [0.15, 0.2) is 0 Å². The SMILES string of the molecule is FC(F)(F)c1cccc(/C=C2/CCCNCC2)c1. The number of hydrogen-bond donors (Lipinski definition) is 1. The molecule has 1 N–H and O–H groups in total. The van der Waals surface area contributed by atoms with Crippen molar-refractivity contribution in [3.05, 3.63) is 41.0 Å². The molecule has 0 saturated carbocycles. The third-order valence-electron chi connectivity index (χ3n) is 3.06. The summed E-state index contributed by atoms with van der Waals surface area (Å²) in [5, 5.41) is 3.28. The topological polar surface area (TPSA) is 12.0 Å². The van der Waals surface area contributed by atoms with Gasteiger partial charge in [-0.3, -0.25) is 0 Å². The molecule has 0 atom stereocenters. The molecule has 0 aliphatic carbocycles. The third-order valence-corrected chi connectivity index (χ3v) is 3.06. The van der Waals surface area contributed by atoms with Gasteiger partial charge in [-0.15, -0.1) is 0 Å². The number of rotatable bonds is 1. The van der Waals surface area contributed by atoms with Gasteiger partial charge in [-0.25, -0.2) is 0 Å². The van der Waals surface area contributed by atoms with Crippen molar-refractivity contribution in [3.8, 4) is 0 Å². The molecule has 1 aromatic carbocycles. The summed E-state index contributed by atoms with van der Waals surface area (Å²) in [4.78, 5) is 0. The molecule has 2 rings (SSSR count). The molecule has 0 amide bonds. The van der Waals surface area contributed by atoms with Gasteiger partial charge >= 0.3 is 6.18 Å². The second-order valence-corrected chi connectivity index (χ2v) is 4.53. The lowest BCUT2D eigenvalue weighted by Crippen LogP contribution is -2.13. The van der Waals surface area contributed by atoms with Crippen LogP contribution in [0.1, 0.15) is 30.4 Å². The zero-order valence-corrected chi connectivity index (χ0v) is 10.1. The van der Waals surface area contributed by atoms with Gasteiger partial charge in [0.25, 0.3) is 0 Å². The Labute approximate surface area is 105 Å². The van der Waals surface area contributed by atoms with Crippen LogP contribution in [-0.4, -0.2) is 13.1 Å². The fourth-order valence-corrected chi connectivity index (χ4v) is 2.12. The second-order valence-electron chi connectivity index (χ2n) is 4.53. The molecule has 0 spiro atoms. The highest BCUT2D eigenvalue weighted by Gasteiger charge is 2.30. The maximum Gasteiger partial charge on any atom is 0.416 e. The average Bonchev–Trinajstić information content (AvgIpc) is 2.57. The van der Waals surface area contributed by atoms with E-state index in [2.05, 4.69) is 5.32 Å². The van der Waals surface area contributed by atoms with Crippen LogP contribution in [0.3, 0.4) is 0 Å². The first-order chi connectivity index (χ1) is 8.55. The predicted octanol–water partition coefficient (Wildman–Crippen LogP) is 3.86. The quantitative estimate of drug-likeness (QED) is 0.803. The smallest absolute Gasteiger partial charge is 0.316 e. The van der Waals surface area contributed by atoms with E-state index in [0.29, 0.717) is 5.56 Å². The summed E-state index contributed by atoms with van der Waals surface area (Å²) >= 11 is 0. The van der Waals surface area contributed by atoms with E-state index in [4.69, 9.17) is 0 Å². The minimum atomic E-state index is -4.26. The van der Waals surface area contributed by atoms with Gasteiger partial charge in [0.2, 0.25) is 0 Å². The third kappa shape index (κ3) is 3.60. The molecule has 1 heterocycles. The molecule has 0 unspecified atom stereocenters. The monoisotopic (exact) mass is 255 g/mol. The molecule has 98 valence electrons. The highest BCUT2D eigenvalue weighted by atomic mass is 19.4. The molecule has 0 aromatic heterocycles. The van der Waals surface area contributed by atoms with Gasteiger partial charge in [-0.05, 0) is 50.0 Å². The van der Waals surface area contributed by atoms with Crippen molar-refractivity contribution in [1.82, 2.24) is 5.32 Å². The minimum Gasteiger partial charge on any atom is -0.316 e. The van der Waals surface area contributed by atoms with Crippen LogP contribution in [0.25, 0.3) is 6.08 Å². The van der Waals surface area contributed by atoms with E-state index in [0.717, 1.165) is 38.4 Å². The Morgan fingerprint density at radius 1 is 1.11 bits per heavy atom. The largest absolute Gasteiger partial charge is 0.416 e. The van der Waals surface area contributed by atoms with Crippen molar-refractivity contribution in [3.63, 3.8) is 0 Å². The van der Waals surface area contributed by atoms with Crippen LogP contribution in [-0.2, 0) is 6.18 Å². The van der Waals surface area contributed by atoms with E-state index in [1.807, 2.05) is 6.08 Å². The molecular formula is C14H16F3N. The van der Waals surface area contributed by atoms with E-state index in [1.54, 1.807) is 6.07 Å². The van der Waals surface area contributed by atoms with Crippen LogP contribution >= 0.6 is 0 Å². The van der Waals surface area contributed by atoms with Crippen molar-refractivity contribution >= 4 is 6.08 Å². The standard InChI is InChI=1S/C14H16F3N/c15-14(16,17)13-5-1-3-12(10-13)9-11-4-2-7-18-8-6-11/h1,3,5,9-10,18H,2,4,6-8H2/b11-9-. The van der Waals surface area contributed by atoms with Crippen molar-refractivity contribution in [1.29, 1.82) is 0 Å². The first-order valence-corrected chi connectivity index (χ1v) is 6.13. The Balaban J connectivity index is 2.20. The average molecular weight is 255 g/mol. The lowest BCUT2D eigenvalue weighted by molar-refractivity contribution is -0.137. The van der Waals surface area contributed by atoms with Gasteiger partial charge in [-0.2, -0.15) is 13.2 Å². The van der Waals surface area contributed by atoms with Crippen LogP contribution in [0.5, 0.6) is 0 Å². The summed E-state index contributed by atoms with van der Waals surface area (Å²) in [6.07, 6.45) is 0.548. The number of nitrogens with one attached hydrogen (secondary N) is 1. The van der Waals surface area contributed by atoms with E-state index in [9.17, 15) is 13.2 Å². The fourth-order valence-electron chi connectivity index (χ4n) is 2.12. The molecule has 1 fully saturated rings. The molecular weight excluding hydrogens is 239 g/mol. The highest BCUT2D eigenvalue weighted by molar-refractivity contribution is 5.54. The Morgan fingerprint density at radius 2 is 1.94 bits per heavy atom. The number of alkyl halides is 3. The van der Waals surface area contributed by atoms with Gasteiger partial charge in [-0.1, -0.05) is 23.8 Å². The molecule has 0 radical (unpaired) electrons. The predicted molar refractivity (Wildman–Crippen MR) is 66.1 cm³/mol. The number of halogens is 3. The fraction of sp³-hybridized carbons (Fsp3) is 0.429. The summed E-state index contributed by atoms with van der Waals surface area (Å²) in [5.74, 6) is 0. The van der Waals surface area contributed by atoms with Gasteiger partial charge in [0.1, 0.15) is 0 Å². The highest BCUT2D eigenvalue weighted by Crippen LogP contribution is 2.30. The lowest BCUT2D eigenvalue weighted by Gasteiger charge is -2.08. The molecule has 1 aliphatic rings. The Hall–Kier alpha value is -1.29. The molecule has 0 bridgehead atoms. The van der Waals surface area contributed by atoms with Gasteiger partial charge in [0, 0.05) is 0 Å². The molecule has 18 heavy (non-hydrogen) atoms. The lowest BCUT2D eigenvalue weighted by atomic mass is 10.0. The van der Waals surface area contributed by atoms with E-state index >= 15 is 0 Å². The Morgan fingerprint density at radius 3 is 2.72 bits per heavy atom. The first-order valence-electron chi connectivity index (χ1n) is 6.13. The van der Waals surface area contributed by atoms with E-state index in [1.165, 1.54) is 17.7 Å². The summed E-state index contributed by atoms with van der Waals surface area (Å²) < 4.78 is 37.7. The van der Waals surface area contributed by atoms with Crippen molar-refractivity contribution < 1.29 is 13.2 Å². The zero-order chi connectivity index (χ0) is 13.0. The van der Waals surface area contributed by atoms with Crippen LogP contribution in [0.2, 0.25) is 0 Å². The van der Waals surface area contributed by atoms with E-state index in [-0.39, 0.29) is 0 Å². The van der Waals surface area contributed by atoms with Crippen molar-refractivity contribution in [2.45, 2.75) is 25.4 Å². The summed E-state index contributed by atoms with van der Waals surface area (Å²) in [5.41, 5.74) is 1.28. The Bertz CT molecular complexity index is 425. The normalized spacial score (nSPS) is 19.8. The van der Waals surface area contributed by atoms with Crippen molar-refractivity contribution in [2.24, 2.45) is 0 Å². The molecule has 1 aliphatic heterocycles. The van der Waals surface area contributed by atoms with Gasteiger partial charge in [0.05, 0.1) is 5.56 Å². The number of hydrogen-bond acceptors (Lipinski definition) is 1. The van der Waals surface area contributed by atoms with Crippen LogP contribution in [0.15, 0.2) is 29.8 Å². The summed E-state index contributed by atoms with van der Waals surface area (Å²) in [6, 6.07) is 5.51. The summed E-state index contributed by atoms with van der Waals surface area (Å²) in [7, 11) is 0. The second kappa shape index (κ2) is 5.57. The molecule has 1 aromatic rings. The number of benzene rings is 1. The maximum atomic E-state index is 12.6.